The maximum atomic E-state index is 12.7. The molecule has 0 unspecified atom stereocenters. The fourth-order valence-electron chi connectivity index (χ4n) is 3.14. The van der Waals surface area contributed by atoms with Crippen LogP contribution in [0.15, 0.2) is 69.9 Å². The summed E-state index contributed by atoms with van der Waals surface area (Å²) >= 11 is 5.92. The van der Waals surface area contributed by atoms with Crippen LogP contribution < -0.4 is 5.56 Å². The minimum atomic E-state index is -0.268. The summed E-state index contributed by atoms with van der Waals surface area (Å²) in [5, 5.41) is 8.39. The number of hydrogen-bond donors (Lipinski definition) is 1. The molecule has 2 aromatic heterocycles. The molecule has 0 spiro atoms. The van der Waals surface area contributed by atoms with E-state index in [1.165, 1.54) is 0 Å². The summed E-state index contributed by atoms with van der Waals surface area (Å²) in [6.45, 7) is 0.327. The van der Waals surface area contributed by atoms with E-state index in [9.17, 15) is 9.59 Å². The van der Waals surface area contributed by atoms with Crippen molar-refractivity contribution in [2.24, 2.45) is 0 Å². The maximum Gasteiger partial charge on any atom is 0.272 e. The molecule has 0 bridgehead atoms. The van der Waals surface area contributed by atoms with Gasteiger partial charge in [0.1, 0.15) is 11.5 Å². The molecule has 29 heavy (non-hydrogen) atoms. The van der Waals surface area contributed by atoms with E-state index in [-0.39, 0.29) is 17.9 Å². The number of nitrogens with zero attached hydrogens (tertiary/aromatic N) is 2. The Balaban J connectivity index is 1.48. The third-order valence-electron chi connectivity index (χ3n) is 4.70. The molecule has 2 heterocycles. The predicted octanol–water partition coefficient (Wildman–Crippen LogP) is 4.04. The molecule has 0 aliphatic heterocycles. The van der Waals surface area contributed by atoms with E-state index in [1.54, 1.807) is 42.3 Å². The molecule has 0 aliphatic carbocycles. The number of rotatable bonds is 5. The van der Waals surface area contributed by atoms with E-state index in [1.807, 2.05) is 30.3 Å². The lowest BCUT2D eigenvalue weighted by molar-refractivity contribution is -0.129. The van der Waals surface area contributed by atoms with Gasteiger partial charge in [0.2, 0.25) is 5.91 Å². The quantitative estimate of drug-likeness (QED) is 0.541. The largest absolute Gasteiger partial charge is 0.459 e. The smallest absolute Gasteiger partial charge is 0.272 e. The van der Waals surface area contributed by atoms with Crippen molar-refractivity contribution in [1.82, 2.24) is 15.1 Å². The van der Waals surface area contributed by atoms with Gasteiger partial charge in [-0.3, -0.25) is 9.59 Å². The van der Waals surface area contributed by atoms with E-state index in [4.69, 9.17) is 16.0 Å². The number of hydrogen-bond acceptors (Lipinski definition) is 4. The maximum absolute atomic E-state index is 12.7. The highest BCUT2D eigenvalue weighted by Crippen LogP contribution is 2.24. The number of carbonyl (C=O) groups excluding carboxylic acids is 1. The van der Waals surface area contributed by atoms with E-state index in [2.05, 4.69) is 10.2 Å². The van der Waals surface area contributed by atoms with Crippen LogP contribution in [0.2, 0.25) is 5.02 Å². The highest BCUT2D eigenvalue weighted by Gasteiger charge is 2.16. The first-order chi connectivity index (χ1) is 14.0. The Bertz CT molecular complexity index is 1230. The SMILES string of the molecule is CN(Cc1ccc(-c2ccc(Cl)cc2)o1)C(=O)Cc1n[nH]c(=O)c2ccccc12. The number of aromatic nitrogens is 2. The molecule has 2 aromatic carbocycles. The van der Waals surface area contributed by atoms with Gasteiger partial charge in [-0.25, -0.2) is 5.10 Å². The first-order valence-corrected chi connectivity index (χ1v) is 9.44. The first kappa shape index (κ1) is 19.0. The molecule has 4 rings (SSSR count). The van der Waals surface area contributed by atoms with Crippen LogP contribution in [0.3, 0.4) is 0 Å². The zero-order valence-corrected chi connectivity index (χ0v) is 16.4. The van der Waals surface area contributed by atoms with E-state index >= 15 is 0 Å². The molecule has 4 aromatic rings. The van der Waals surface area contributed by atoms with Gasteiger partial charge in [-0.05, 0) is 42.5 Å². The molecule has 1 N–H and O–H groups in total. The average Bonchev–Trinajstić information content (AvgIpc) is 3.19. The Morgan fingerprint density at radius 1 is 1.07 bits per heavy atom. The summed E-state index contributed by atoms with van der Waals surface area (Å²) in [7, 11) is 1.71. The zero-order chi connectivity index (χ0) is 20.4. The topological polar surface area (TPSA) is 79.2 Å². The Morgan fingerprint density at radius 2 is 1.79 bits per heavy atom. The summed E-state index contributed by atoms with van der Waals surface area (Å²) < 4.78 is 5.87. The number of carbonyl (C=O) groups is 1. The average molecular weight is 408 g/mol. The highest BCUT2D eigenvalue weighted by atomic mass is 35.5. The van der Waals surface area contributed by atoms with Crippen molar-refractivity contribution in [3.8, 4) is 11.3 Å². The number of halogens is 1. The van der Waals surface area contributed by atoms with E-state index in [0.717, 1.165) is 5.56 Å². The molecule has 0 saturated carbocycles. The summed E-state index contributed by atoms with van der Waals surface area (Å²) in [5.41, 5.74) is 1.19. The van der Waals surface area contributed by atoms with Crippen LogP contribution in [0, 0.1) is 0 Å². The summed E-state index contributed by atoms with van der Waals surface area (Å²) in [6, 6.07) is 18.2. The van der Waals surface area contributed by atoms with Crippen molar-refractivity contribution in [2.75, 3.05) is 7.05 Å². The molecule has 0 saturated heterocycles. The van der Waals surface area contributed by atoms with Gasteiger partial charge in [-0.2, -0.15) is 5.10 Å². The number of H-pyrrole nitrogens is 1. The number of fused-ring (bicyclic) bond motifs is 1. The molecule has 7 heteroatoms. The summed E-state index contributed by atoms with van der Waals surface area (Å²) in [5.74, 6) is 1.26. The Kier molecular flexibility index (Phi) is 5.18. The molecule has 146 valence electrons. The second-order valence-corrected chi connectivity index (χ2v) is 7.18. The molecule has 0 atom stereocenters. The lowest BCUT2D eigenvalue weighted by Crippen LogP contribution is -2.28. The summed E-state index contributed by atoms with van der Waals surface area (Å²) in [6.07, 6.45) is 0.0819. The van der Waals surface area contributed by atoms with Crippen molar-refractivity contribution < 1.29 is 9.21 Å². The number of aromatic amines is 1. The van der Waals surface area contributed by atoms with Gasteiger partial charge in [0, 0.05) is 23.0 Å². The van der Waals surface area contributed by atoms with Gasteiger partial charge >= 0.3 is 0 Å². The highest BCUT2D eigenvalue weighted by molar-refractivity contribution is 6.30. The van der Waals surface area contributed by atoms with Crippen molar-refractivity contribution in [3.63, 3.8) is 0 Å². The molecule has 1 amide bonds. The molecular formula is C22H18ClN3O3. The van der Waals surface area contributed by atoms with Gasteiger partial charge in [-0.15, -0.1) is 0 Å². The van der Waals surface area contributed by atoms with Crippen molar-refractivity contribution in [3.05, 3.63) is 87.5 Å². The number of likely N-dealkylation sites (N-methyl/N-ethyl adjacent to an activating group) is 1. The lowest BCUT2D eigenvalue weighted by atomic mass is 10.1. The van der Waals surface area contributed by atoms with Crippen LogP contribution in [0.25, 0.3) is 22.1 Å². The van der Waals surface area contributed by atoms with Gasteiger partial charge in [0.25, 0.3) is 5.56 Å². The van der Waals surface area contributed by atoms with Crippen molar-refractivity contribution in [2.45, 2.75) is 13.0 Å². The van der Waals surface area contributed by atoms with E-state index in [0.29, 0.717) is 39.6 Å². The monoisotopic (exact) mass is 407 g/mol. The van der Waals surface area contributed by atoms with Gasteiger partial charge in [0.05, 0.1) is 24.0 Å². The minimum absolute atomic E-state index is 0.0819. The fourth-order valence-corrected chi connectivity index (χ4v) is 3.26. The van der Waals surface area contributed by atoms with Gasteiger partial charge in [-0.1, -0.05) is 29.8 Å². The second-order valence-electron chi connectivity index (χ2n) is 6.74. The second kappa shape index (κ2) is 7.93. The third-order valence-corrected chi connectivity index (χ3v) is 4.95. The molecule has 0 fully saturated rings. The van der Waals surface area contributed by atoms with Crippen LogP contribution in [-0.4, -0.2) is 28.1 Å². The number of furan rings is 1. The number of nitrogens with one attached hydrogen (secondary N) is 1. The van der Waals surface area contributed by atoms with Gasteiger partial charge in [0.15, 0.2) is 0 Å². The third kappa shape index (κ3) is 4.07. The van der Waals surface area contributed by atoms with Crippen molar-refractivity contribution in [1.29, 1.82) is 0 Å². The predicted molar refractivity (Wildman–Crippen MR) is 112 cm³/mol. The van der Waals surface area contributed by atoms with E-state index < -0.39 is 0 Å². The van der Waals surface area contributed by atoms with Gasteiger partial charge < -0.3 is 9.32 Å². The van der Waals surface area contributed by atoms with Crippen LogP contribution in [-0.2, 0) is 17.8 Å². The zero-order valence-electron chi connectivity index (χ0n) is 15.7. The lowest BCUT2D eigenvalue weighted by Gasteiger charge is -2.16. The van der Waals surface area contributed by atoms with Crippen LogP contribution in [0.4, 0.5) is 0 Å². The minimum Gasteiger partial charge on any atom is -0.459 e. The van der Waals surface area contributed by atoms with Crippen molar-refractivity contribution >= 4 is 28.3 Å². The molecule has 6 nitrogen and oxygen atoms in total. The van der Waals surface area contributed by atoms with Crippen LogP contribution in [0.5, 0.6) is 0 Å². The Morgan fingerprint density at radius 3 is 2.55 bits per heavy atom. The fraction of sp³-hybridized carbons (Fsp3) is 0.136. The Hall–Kier alpha value is -3.38. The molecular weight excluding hydrogens is 390 g/mol. The normalized spacial score (nSPS) is 11.0. The Labute approximate surface area is 171 Å². The first-order valence-electron chi connectivity index (χ1n) is 9.06. The standard InChI is InChI=1S/C22H18ClN3O3/c1-26(13-16-10-11-20(29-16)14-6-8-15(23)9-7-14)21(27)12-19-17-4-2-3-5-18(17)22(28)25-24-19/h2-11H,12-13H2,1H3,(H,25,28). The van der Waals surface area contributed by atoms with Crippen LogP contribution in [0.1, 0.15) is 11.5 Å². The summed E-state index contributed by atoms with van der Waals surface area (Å²) in [4.78, 5) is 26.2. The van der Waals surface area contributed by atoms with Crippen LogP contribution >= 0.6 is 11.6 Å². The number of amides is 1. The number of benzene rings is 2. The molecule has 0 aliphatic rings. The molecule has 0 radical (unpaired) electrons.